The Balaban J connectivity index is 1.76. The number of anilines is 1. The Kier molecular flexibility index (Phi) is 4.22. The zero-order valence-corrected chi connectivity index (χ0v) is 13.8. The molecule has 0 aliphatic carbocycles. The highest BCUT2D eigenvalue weighted by atomic mass is 79.9. The minimum atomic E-state index is 0.530. The number of aryl methyl sites for hydroxylation is 1. The molecule has 4 nitrogen and oxygen atoms in total. The molecule has 110 valence electrons. The van der Waals surface area contributed by atoms with Crippen molar-refractivity contribution in [2.45, 2.75) is 13.5 Å². The third-order valence-electron chi connectivity index (χ3n) is 3.17. The highest BCUT2D eigenvalue weighted by Gasteiger charge is 2.16. The molecule has 1 aromatic heterocycles. The molecule has 1 aromatic carbocycles. The normalized spacial score (nSPS) is 13.1. The molecule has 1 aliphatic heterocycles. The Hall–Kier alpha value is -1.46. The fraction of sp³-hybridized carbons (Fsp3) is 0.267. The average Bonchev–Trinajstić information content (AvgIpc) is 2.49. The van der Waals surface area contributed by atoms with Crippen molar-refractivity contribution in [3.63, 3.8) is 0 Å². The second-order valence-corrected chi connectivity index (χ2v) is 6.00. The molecule has 0 radical (unpaired) electrons. The van der Waals surface area contributed by atoms with Gasteiger partial charge in [0.2, 0.25) is 0 Å². The first-order chi connectivity index (χ1) is 10.1. The van der Waals surface area contributed by atoms with Gasteiger partial charge in [0.05, 0.1) is 16.4 Å². The fourth-order valence-electron chi connectivity index (χ4n) is 2.13. The van der Waals surface area contributed by atoms with Crippen LogP contribution in [0.15, 0.2) is 28.9 Å². The summed E-state index contributed by atoms with van der Waals surface area (Å²) in [5, 5.41) is 3.85. The molecule has 2 aromatic rings. The van der Waals surface area contributed by atoms with Gasteiger partial charge in [0.15, 0.2) is 11.5 Å². The van der Waals surface area contributed by atoms with E-state index in [1.165, 1.54) is 0 Å². The van der Waals surface area contributed by atoms with E-state index in [9.17, 15) is 0 Å². The van der Waals surface area contributed by atoms with Gasteiger partial charge in [-0.1, -0.05) is 11.6 Å². The van der Waals surface area contributed by atoms with E-state index in [1.807, 2.05) is 25.1 Å². The van der Waals surface area contributed by atoms with Gasteiger partial charge in [0.25, 0.3) is 0 Å². The Labute approximate surface area is 136 Å². The molecular weight excluding hydrogens is 356 g/mol. The van der Waals surface area contributed by atoms with Crippen LogP contribution in [0, 0.1) is 6.92 Å². The maximum Gasteiger partial charge on any atom is 0.175 e. The van der Waals surface area contributed by atoms with Crippen molar-refractivity contribution in [3.8, 4) is 11.5 Å². The first-order valence-electron chi connectivity index (χ1n) is 6.57. The Morgan fingerprint density at radius 2 is 2.10 bits per heavy atom. The topological polar surface area (TPSA) is 43.4 Å². The number of aromatic nitrogens is 1. The van der Waals surface area contributed by atoms with Crippen molar-refractivity contribution in [1.82, 2.24) is 4.98 Å². The fourth-order valence-corrected chi connectivity index (χ4v) is 2.83. The summed E-state index contributed by atoms with van der Waals surface area (Å²) in [6.45, 7) is 3.76. The van der Waals surface area contributed by atoms with E-state index in [4.69, 9.17) is 21.1 Å². The zero-order chi connectivity index (χ0) is 14.8. The third kappa shape index (κ3) is 3.24. The molecule has 0 bridgehead atoms. The molecule has 0 amide bonds. The zero-order valence-electron chi connectivity index (χ0n) is 11.5. The molecule has 0 atom stereocenters. The molecule has 0 fully saturated rings. The second kappa shape index (κ2) is 6.12. The molecule has 21 heavy (non-hydrogen) atoms. The van der Waals surface area contributed by atoms with Crippen LogP contribution < -0.4 is 14.8 Å². The Bertz CT molecular complexity index is 679. The van der Waals surface area contributed by atoms with Gasteiger partial charge in [-0.2, -0.15) is 0 Å². The number of pyridine rings is 1. The monoisotopic (exact) mass is 368 g/mol. The molecule has 1 N–H and O–H groups in total. The number of rotatable bonds is 3. The minimum absolute atomic E-state index is 0.530. The van der Waals surface area contributed by atoms with Crippen LogP contribution in [-0.2, 0) is 6.54 Å². The first kappa shape index (κ1) is 14.5. The first-order valence-corrected chi connectivity index (χ1v) is 7.74. The Morgan fingerprint density at radius 1 is 1.29 bits per heavy atom. The van der Waals surface area contributed by atoms with Crippen LogP contribution in [0.5, 0.6) is 11.5 Å². The number of nitrogens with zero attached hydrogens (tertiary/aromatic N) is 1. The Morgan fingerprint density at radius 3 is 2.90 bits per heavy atom. The summed E-state index contributed by atoms with van der Waals surface area (Å²) in [5.74, 6) is 1.55. The summed E-state index contributed by atoms with van der Waals surface area (Å²) in [4.78, 5) is 4.13. The lowest BCUT2D eigenvalue weighted by Gasteiger charge is -2.20. The van der Waals surface area contributed by atoms with Crippen molar-refractivity contribution < 1.29 is 9.47 Å². The largest absolute Gasteiger partial charge is 0.486 e. The summed E-state index contributed by atoms with van der Waals surface area (Å²) < 4.78 is 12.1. The number of ether oxygens (including phenoxy) is 2. The van der Waals surface area contributed by atoms with E-state index >= 15 is 0 Å². The third-order valence-corrected chi connectivity index (χ3v) is 4.15. The molecule has 0 spiro atoms. The van der Waals surface area contributed by atoms with Crippen LogP contribution in [0.3, 0.4) is 0 Å². The highest BCUT2D eigenvalue weighted by Crippen LogP contribution is 2.38. The van der Waals surface area contributed by atoms with E-state index < -0.39 is 0 Å². The van der Waals surface area contributed by atoms with Gasteiger partial charge < -0.3 is 14.8 Å². The van der Waals surface area contributed by atoms with Crippen LogP contribution in [0.4, 0.5) is 5.69 Å². The average molecular weight is 370 g/mol. The van der Waals surface area contributed by atoms with Crippen LogP contribution in [0.25, 0.3) is 0 Å². The molecule has 0 saturated carbocycles. The summed E-state index contributed by atoms with van der Waals surface area (Å²) in [6, 6.07) is 5.99. The summed E-state index contributed by atoms with van der Waals surface area (Å²) in [7, 11) is 0. The molecule has 0 saturated heterocycles. The molecule has 3 rings (SSSR count). The SMILES string of the molecule is Cc1cc(NCc2cc(Br)c3c(c2)OCCO3)cnc1Cl. The highest BCUT2D eigenvalue weighted by molar-refractivity contribution is 9.10. The lowest BCUT2D eigenvalue weighted by atomic mass is 10.2. The standard InChI is InChI=1S/C15H14BrClN2O2/c1-9-4-11(8-19-15(9)17)18-7-10-5-12(16)14-13(6-10)20-2-3-21-14/h4-6,8,18H,2-3,7H2,1H3. The number of nitrogens with one attached hydrogen (secondary N) is 1. The van der Waals surface area contributed by atoms with Gasteiger partial charge in [0.1, 0.15) is 18.4 Å². The number of halogens is 2. The second-order valence-electron chi connectivity index (χ2n) is 4.79. The van der Waals surface area contributed by atoms with Crippen LogP contribution in [0.2, 0.25) is 5.15 Å². The van der Waals surface area contributed by atoms with E-state index in [2.05, 4.69) is 26.2 Å². The summed E-state index contributed by atoms with van der Waals surface area (Å²) in [6.07, 6.45) is 1.72. The van der Waals surface area contributed by atoms with Gasteiger partial charge in [-0.15, -0.1) is 0 Å². The van der Waals surface area contributed by atoms with Crippen LogP contribution in [-0.4, -0.2) is 18.2 Å². The van der Waals surface area contributed by atoms with Crippen molar-refractivity contribution in [2.24, 2.45) is 0 Å². The molecule has 0 unspecified atom stereocenters. The smallest absolute Gasteiger partial charge is 0.175 e. The lowest BCUT2D eigenvalue weighted by molar-refractivity contribution is 0.170. The van der Waals surface area contributed by atoms with Gasteiger partial charge in [-0.05, 0) is 52.2 Å². The summed E-state index contributed by atoms with van der Waals surface area (Å²) in [5.41, 5.74) is 2.98. The van der Waals surface area contributed by atoms with Gasteiger partial charge in [-0.3, -0.25) is 0 Å². The van der Waals surface area contributed by atoms with Crippen molar-refractivity contribution >= 4 is 33.2 Å². The number of hydrogen-bond donors (Lipinski definition) is 1. The number of benzene rings is 1. The van der Waals surface area contributed by atoms with Crippen LogP contribution >= 0.6 is 27.5 Å². The number of hydrogen-bond acceptors (Lipinski definition) is 4. The summed E-state index contributed by atoms with van der Waals surface area (Å²) >= 11 is 9.44. The van der Waals surface area contributed by atoms with Crippen LogP contribution in [0.1, 0.15) is 11.1 Å². The van der Waals surface area contributed by atoms with E-state index in [-0.39, 0.29) is 0 Å². The van der Waals surface area contributed by atoms with Crippen molar-refractivity contribution in [3.05, 3.63) is 45.1 Å². The maximum absolute atomic E-state index is 5.92. The molecule has 6 heteroatoms. The van der Waals surface area contributed by atoms with E-state index in [1.54, 1.807) is 6.20 Å². The molecular formula is C15H14BrClN2O2. The van der Waals surface area contributed by atoms with E-state index in [0.717, 1.165) is 32.8 Å². The minimum Gasteiger partial charge on any atom is -0.486 e. The van der Waals surface area contributed by atoms with Crippen molar-refractivity contribution in [1.29, 1.82) is 0 Å². The van der Waals surface area contributed by atoms with Gasteiger partial charge in [0, 0.05) is 6.54 Å². The predicted molar refractivity (Wildman–Crippen MR) is 86.4 cm³/mol. The molecule has 2 heterocycles. The van der Waals surface area contributed by atoms with Gasteiger partial charge in [-0.25, -0.2) is 4.98 Å². The maximum atomic E-state index is 5.92. The van der Waals surface area contributed by atoms with Crippen molar-refractivity contribution in [2.75, 3.05) is 18.5 Å². The van der Waals surface area contributed by atoms with E-state index in [0.29, 0.717) is 24.9 Å². The molecule has 1 aliphatic rings. The van der Waals surface area contributed by atoms with Gasteiger partial charge >= 0.3 is 0 Å². The predicted octanol–water partition coefficient (Wildman–Crippen LogP) is 4.19. The lowest BCUT2D eigenvalue weighted by Crippen LogP contribution is -2.16. The quantitative estimate of drug-likeness (QED) is 0.824. The number of fused-ring (bicyclic) bond motifs is 1.